The van der Waals surface area contributed by atoms with Gasteiger partial charge in [0.05, 0.1) is 0 Å². The van der Waals surface area contributed by atoms with E-state index in [0.29, 0.717) is 5.13 Å². The average molecular weight is 214 g/mol. The van der Waals surface area contributed by atoms with E-state index < -0.39 is 11.4 Å². The molecule has 0 aromatic carbocycles. The van der Waals surface area contributed by atoms with Crippen LogP contribution in [0.4, 0.5) is 5.13 Å². The Morgan fingerprint density at radius 1 is 1.64 bits per heavy atom. The predicted molar refractivity (Wildman–Crippen MR) is 56.2 cm³/mol. The summed E-state index contributed by atoms with van der Waals surface area (Å²) in [4.78, 5) is 15.2. The molecular formula is C8H14N4OS. The molecule has 5 nitrogen and oxygen atoms in total. The zero-order chi connectivity index (χ0) is 10.8. The summed E-state index contributed by atoms with van der Waals surface area (Å²) in [5.41, 5.74) is 4.43. The van der Waals surface area contributed by atoms with E-state index in [0.717, 1.165) is 12.2 Å². The Morgan fingerprint density at radius 3 is 2.71 bits per heavy atom. The summed E-state index contributed by atoms with van der Waals surface area (Å²) in [6.45, 7) is 5.40. The molecule has 1 aromatic rings. The highest BCUT2D eigenvalue weighted by molar-refractivity contribution is 7.09. The van der Waals surface area contributed by atoms with Crippen LogP contribution in [-0.4, -0.2) is 20.8 Å². The van der Waals surface area contributed by atoms with Gasteiger partial charge in [-0.25, -0.2) is 4.98 Å². The first-order valence-corrected chi connectivity index (χ1v) is 5.13. The lowest BCUT2D eigenvalue weighted by atomic mass is 10.1. The third-order valence-corrected chi connectivity index (χ3v) is 2.49. The molecule has 0 unspecified atom stereocenters. The van der Waals surface area contributed by atoms with Crippen LogP contribution >= 0.6 is 11.5 Å². The summed E-state index contributed by atoms with van der Waals surface area (Å²) < 4.78 is 4.09. The van der Waals surface area contributed by atoms with Gasteiger partial charge in [0, 0.05) is 18.0 Å². The van der Waals surface area contributed by atoms with Crippen molar-refractivity contribution < 1.29 is 4.79 Å². The number of nitrogens with one attached hydrogen (secondary N) is 1. The quantitative estimate of drug-likeness (QED) is 0.776. The molecule has 0 fully saturated rings. The molecule has 0 saturated heterocycles. The van der Waals surface area contributed by atoms with Crippen LogP contribution in [0.1, 0.15) is 26.6 Å². The van der Waals surface area contributed by atoms with Gasteiger partial charge in [0.2, 0.25) is 11.0 Å². The summed E-state index contributed by atoms with van der Waals surface area (Å²) in [5, 5.41) is 3.57. The molecule has 0 radical (unpaired) electrons. The maximum Gasteiger partial charge on any atom is 0.242 e. The molecule has 14 heavy (non-hydrogen) atoms. The SMILES string of the molecule is CCc1nsc(NC(C)(C)C(N)=O)n1. The number of nitrogens with zero attached hydrogens (tertiary/aromatic N) is 2. The van der Waals surface area contributed by atoms with Crippen LogP contribution in [0, 0.1) is 0 Å². The van der Waals surface area contributed by atoms with Crippen molar-refractivity contribution in [1.29, 1.82) is 0 Å². The number of aryl methyl sites for hydroxylation is 1. The molecule has 0 bridgehead atoms. The van der Waals surface area contributed by atoms with Gasteiger partial charge >= 0.3 is 0 Å². The minimum absolute atomic E-state index is 0.411. The number of rotatable bonds is 4. The molecule has 78 valence electrons. The first kappa shape index (κ1) is 10.9. The van der Waals surface area contributed by atoms with Crippen molar-refractivity contribution in [2.45, 2.75) is 32.7 Å². The Kier molecular flexibility index (Phi) is 3.05. The fraction of sp³-hybridized carbons (Fsp3) is 0.625. The lowest BCUT2D eigenvalue weighted by Crippen LogP contribution is -2.44. The number of nitrogens with two attached hydrogens (primary N) is 1. The first-order valence-electron chi connectivity index (χ1n) is 4.36. The molecule has 1 rings (SSSR count). The van der Waals surface area contributed by atoms with Crippen molar-refractivity contribution in [3.05, 3.63) is 5.82 Å². The molecular weight excluding hydrogens is 200 g/mol. The topological polar surface area (TPSA) is 80.9 Å². The zero-order valence-electron chi connectivity index (χ0n) is 8.50. The summed E-state index contributed by atoms with van der Waals surface area (Å²) in [6, 6.07) is 0. The van der Waals surface area contributed by atoms with Gasteiger partial charge in [-0.1, -0.05) is 6.92 Å². The molecule has 0 aliphatic rings. The Morgan fingerprint density at radius 2 is 2.29 bits per heavy atom. The lowest BCUT2D eigenvalue weighted by molar-refractivity contribution is -0.121. The number of amides is 1. The maximum absolute atomic E-state index is 11.0. The predicted octanol–water partition coefficient (Wildman–Crippen LogP) is 0.776. The van der Waals surface area contributed by atoms with Gasteiger partial charge in [0.15, 0.2) is 0 Å². The minimum Gasteiger partial charge on any atom is -0.368 e. The van der Waals surface area contributed by atoms with E-state index in [-0.39, 0.29) is 0 Å². The summed E-state index contributed by atoms with van der Waals surface area (Å²) >= 11 is 1.24. The van der Waals surface area contributed by atoms with Gasteiger partial charge in [0.1, 0.15) is 11.4 Å². The fourth-order valence-corrected chi connectivity index (χ4v) is 1.59. The number of hydrogen-bond donors (Lipinski definition) is 2. The van der Waals surface area contributed by atoms with Crippen molar-refractivity contribution in [3.8, 4) is 0 Å². The molecule has 6 heteroatoms. The summed E-state index contributed by atoms with van der Waals surface area (Å²) in [6.07, 6.45) is 0.787. The molecule has 1 aromatic heterocycles. The van der Waals surface area contributed by atoms with Crippen molar-refractivity contribution in [1.82, 2.24) is 9.36 Å². The summed E-state index contributed by atoms with van der Waals surface area (Å²) in [7, 11) is 0. The highest BCUT2D eigenvalue weighted by atomic mass is 32.1. The largest absolute Gasteiger partial charge is 0.368 e. The van der Waals surface area contributed by atoms with Gasteiger partial charge in [-0.05, 0) is 13.8 Å². The lowest BCUT2D eigenvalue weighted by Gasteiger charge is -2.20. The van der Waals surface area contributed by atoms with Crippen LogP contribution in [0.5, 0.6) is 0 Å². The third kappa shape index (κ3) is 2.41. The van der Waals surface area contributed by atoms with E-state index in [1.807, 2.05) is 6.92 Å². The second-order valence-electron chi connectivity index (χ2n) is 3.48. The number of carbonyl (C=O) groups is 1. The molecule has 1 amide bonds. The van der Waals surface area contributed by atoms with Crippen LogP contribution in [0.25, 0.3) is 0 Å². The molecule has 0 spiro atoms. The van der Waals surface area contributed by atoms with E-state index >= 15 is 0 Å². The van der Waals surface area contributed by atoms with Gasteiger partial charge < -0.3 is 11.1 Å². The number of hydrogen-bond acceptors (Lipinski definition) is 5. The smallest absolute Gasteiger partial charge is 0.242 e. The first-order chi connectivity index (χ1) is 6.45. The molecule has 1 heterocycles. The monoisotopic (exact) mass is 214 g/mol. The normalized spacial score (nSPS) is 11.4. The Balaban J connectivity index is 2.73. The third-order valence-electron chi connectivity index (χ3n) is 1.82. The van der Waals surface area contributed by atoms with Crippen molar-refractivity contribution in [3.63, 3.8) is 0 Å². The van der Waals surface area contributed by atoms with E-state index in [1.165, 1.54) is 11.5 Å². The number of anilines is 1. The maximum atomic E-state index is 11.0. The zero-order valence-corrected chi connectivity index (χ0v) is 9.31. The second-order valence-corrected chi connectivity index (χ2v) is 4.24. The van der Waals surface area contributed by atoms with Gasteiger partial charge in [-0.3, -0.25) is 4.79 Å². The molecule has 3 N–H and O–H groups in total. The number of primary amides is 1. The van der Waals surface area contributed by atoms with Crippen LogP contribution in [0.2, 0.25) is 0 Å². The minimum atomic E-state index is -0.787. The Labute approximate surface area is 86.9 Å². The summed E-state index contributed by atoms with van der Waals surface area (Å²) in [5.74, 6) is 0.364. The van der Waals surface area contributed by atoms with Crippen LogP contribution in [-0.2, 0) is 11.2 Å². The fourth-order valence-electron chi connectivity index (χ4n) is 0.777. The molecule has 0 aliphatic heterocycles. The Hall–Kier alpha value is -1.17. The van der Waals surface area contributed by atoms with Crippen molar-refractivity contribution in [2.75, 3.05) is 5.32 Å². The van der Waals surface area contributed by atoms with Crippen LogP contribution < -0.4 is 11.1 Å². The molecule has 0 aliphatic carbocycles. The van der Waals surface area contributed by atoms with Gasteiger partial charge in [0.25, 0.3) is 0 Å². The second kappa shape index (κ2) is 3.91. The Bertz CT molecular complexity index is 334. The molecule has 0 atom stereocenters. The van der Waals surface area contributed by atoms with E-state index in [4.69, 9.17) is 5.73 Å². The number of carbonyl (C=O) groups excluding carboxylic acids is 1. The van der Waals surface area contributed by atoms with Crippen molar-refractivity contribution in [2.24, 2.45) is 5.73 Å². The van der Waals surface area contributed by atoms with Gasteiger partial charge in [-0.15, -0.1) is 0 Å². The van der Waals surface area contributed by atoms with Gasteiger partial charge in [-0.2, -0.15) is 4.37 Å². The van der Waals surface area contributed by atoms with E-state index in [9.17, 15) is 4.79 Å². The van der Waals surface area contributed by atoms with Crippen LogP contribution in [0.3, 0.4) is 0 Å². The van der Waals surface area contributed by atoms with E-state index in [1.54, 1.807) is 13.8 Å². The average Bonchev–Trinajstić information content (AvgIpc) is 2.51. The highest BCUT2D eigenvalue weighted by Gasteiger charge is 2.25. The number of aromatic nitrogens is 2. The van der Waals surface area contributed by atoms with Crippen molar-refractivity contribution >= 4 is 22.6 Å². The van der Waals surface area contributed by atoms with E-state index in [2.05, 4.69) is 14.7 Å². The highest BCUT2D eigenvalue weighted by Crippen LogP contribution is 2.17. The standard InChI is InChI=1S/C8H14N4OS/c1-4-5-10-7(14-12-5)11-8(2,3)6(9)13/h4H2,1-3H3,(H2,9,13)(H,10,11,12). The molecule has 0 saturated carbocycles. The van der Waals surface area contributed by atoms with Crippen LogP contribution in [0.15, 0.2) is 0 Å².